The Morgan fingerprint density at radius 2 is 1.53 bits per heavy atom. The summed E-state index contributed by atoms with van der Waals surface area (Å²) in [7, 11) is 0.743. The van der Waals surface area contributed by atoms with Crippen LogP contribution in [0.3, 0.4) is 0 Å². The number of ether oxygens (including phenoxy) is 2. The lowest BCUT2D eigenvalue weighted by atomic mass is 9.54. The van der Waals surface area contributed by atoms with Gasteiger partial charge in [0.25, 0.3) is 5.88 Å². The third kappa shape index (κ3) is 7.85. The fourth-order valence-corrected chi connectivity index (χ4v) is 10.9. The molecule has 4 aromatic rings. The summed E-state index contributed by atoms with van der Waals surface area (Å²) in [6.07, 6.45) is 0.290. The third-order valence-corrected chi connectivity index (χ3v) is 18.1. The quantitative estimate of drug-likeness (QED) is 0.109. The zero-order valence-corrected chi connectivity index (χ0v) is 38.9. The second-order valence-corrected chi connectivity index (χ2v) is 25.1. The van der Waals surface area contributed by atoms with E-state index in [9.17, 15) is 0 Å². The van der Waals surface area contributed by atoms with E-state index in [2.05, 4.69) is 47.2 Å². The lowest BCUT2D eigenvalue weighted by Gasteiger charge is -2.56. The zero-order valence-electron chi connectivity index (χ0n) is 36.3. The van der Waals surface area contributed by atoms with Crippen molar-refractivity contribution in [1.29, 1.82) is 0 Å². The summed E-state index contributed by atoms with van der Waals surface area (Å²) in [5, 5.41) is 7.24. The summed E-state index contributed by atoms with van der Waals surface area (Å²) < 4.78 is 43.4. The zero-order chi connectivity index (χ0) is 43.5. The fourth-order valence-electron chi connectivity index (χ4n) is 8.86. The van der Waals surface area contributed by atoms with Crippen LogP contribution in [0.15, 0.2) is 69.7 Å². The lowest BCUT2D eigenvalue weighted by molar-refractivity contribution is -0.151. The van der Waals surface area contributed by atoms with Crippen molar-refractivity contribution in [2.45, 2.75) is 104 Å². The van der Waals surface area contributed by atoms with E-state index in [0.29, 0.717) is 16.6 Å². The molecule has 1 saturated carbocycles. The Bertz CT molecular complexity index is 2290. The topological polar surface area (TPSA) is 120 Å². The predicted molar refractivity (Wildman–Crippen MR) is 233 cm³/mol. The van der Waals surface area contributed by atoms with E-state index in [1.54, 1.807) is 0 Å². The molecule has 0 amide bonds. The molecule has 3 aliphatic rings. The Labute approximate surface area is 362 Å². The molecule has 1 fully saturated rings. The van der Waals surface area contributed by atoms with Gasteiger partial charge in [-0.3, -0.25) is 19.3 Å². The normalized spacial score (nSPS) is 22.9. The van der Waals surface area contributed by atoms with Crippen LogP contribution in [0.4, 0.5) is 4.39 Å². The molecule has 60 heavy (non-hydrogen) atoms. The number of carbonyl (C=O) groups is 3. The van der Waals surface area contributed by atoms with Crippen LogP contribution >= 0.6 is 15.9 Å². The minimum atomic E-state index is -2.97. The minimum Gasteiger partial charge on any atom is -0.487 e. The average molecular weight is 903 g/mol. The van der Waals surface area contributed by atoms with E-state index >= 15 is 18.8 Å². The molecule has 7 rings (SSSR count). The van der Waals surface area contributed by atoms with Crippen molar-refractivity contribution in [1.82, 2.24) is 15.4 Å². The Kier molecular flexibility index (Phi) is 12.0. The molecule has 1 aromatic heterocycles. The molecular weight excluding hydrogens is 846 g/mol. The van der Waals surface area contributed by atoms with Gasteiger partial charge in [0.1, 0.15) is 30.3 Å². The van der Waals surface area contributed by atoms with E-state index in [1.165, 1.54) is 0 Å². The smallest absolute Gasteiger partial charge is 0.265 e. The number of fused-ring (bicyclic) bond motifs is 4. The number of carbonyl (C=O) groups excluding carboxylic acids is 3. The lowest BCUT2D eigenvalue weighted by Crippen LogP contribution is -2.70. The molecule has 13 heteroatoms. The number of nitrogens with one attached hydrogen (secondary N) is 1. The van der Waals surface area contributed by atoms with Gasteiger partial charge in [-0.05, 0) is 88.6 Å². The van der Waals surface area contributed by atoms with Crippen molar-refractivity contribution in [3.05, 3.63) is 110 Å². The maximum atomic E-state index is 17.2. The average Bonchev–Trinajstić information content (AvgIpc) is 3.59. The van der Waals surface area contributed by atoms with Crippen molar-refractivity contribution in [2.24, 2.45) is 23.2 Å². The van der Waals surface area contributed by atoms with Gasteiger partial charge in [-0.15, -0.1) is 0 Å². The Balaban J connectivity index is 1.38. The van der Waals surface area contributed by atoms with Crippen molar-refractivity contribution >= 4 is 41.6 Å². The van der Waals surface area contributed by atoms with Crippen molar-refractivity contribution in [3.8, 4) is 11.6 Å². The number of rotatable bonds is 12. The van der Waals surface area contributed by atoms with Crippen LogP contribution in [0, 0.1) is 29.0 Å². The monoisotopic (exact) mass is 901 g/mol. The number of ketones is 3. The Morgan fingerprint density at radius 3 is 2.10 bits per heavy atom. The van der Waals surface area contributed by atoms with Gasteiger partial charge < -0.3 is 23.7 Å². The van der Waals surface area contributed by atoms with Gasteiger partial charge in [-0.2, -0.15) is 0 Å². The van der Waals surface area contributed by atoms with Crippen LogP contribution in [-0.2, 0) is 35.4 Å². The first-order valence-electron chi connectivity index (χ1n) is 20.7. The van der Waals surface area contributed by atoms with E-state index in [1.807, 2.05) is 114 Å². The molecule has 0 bridgehead atoms. The van der Waals surface area contributed by atoms with Gasteiger partial charge in [-0.25, -0.2) is 4.39 Å². The molecule has 1 heterocycles. The van der Waals surface area contributed by atoms with Gasteiger partial charge in [0.2, 0.25) is 5.78 Å². The second-order valence-electron chi connectivity index (χ2n) is 19.6. The van der Waals surface area contributed by atoms with Gasteiger partial charge in [-0.1, -0.05) is 102 Å². The van der Waals surface area contributed by atoms with Gasteiger partial charge in [0.15, 0.2) is 31.2 Å². The molecular formula is C47H57BrFN3O7Si. The van der Waals surface area contributed by atoms with E-state index < -0.39 is 65.9 Å². The van der Waals surface area contributed by atoms with Crippen LogP contribution in [0.5, 0.6) is 11.6 Å². The second kappa shape index (κ2) is 16.4. The summed E-state index contributed by atoms with van der Waals surface area (Å²) in [5.41, 5.74) is 0.182. The molecule has 3 aromatic carbocycles. The summed E-state index contributed by atoms with van der Waals surface area (Å²) in [6.45, 7) is 17.4. The highest BCUT2D eigenvalue weighted by molar-refractivity contribution is 9.10. The molecule has 3 aliphatic carbocycles. The van der Waals surface area contributed by atoms with Crippen LogP contribution in [0.2, 0.25) is 18.1 Å². The Morgan fingerprint density at radius 1 is 0.933 bits per heavy atom. The van der Waals surface area contributed by atoms with E-state index in [4.69, 9.17) is 18.4 Å². The molecule has 0 radical (unpaired) electrons. The molecule has 0 aliphatic heterocycles. The summed E-state index contributed by atoms with van der Waals surface area (Å²) in [4.78, 5) is 48.7. The predicted octanol–water partition coefficient (Wildman–Crippen LogP) is 9.69. The molecule has 5 atom stereocenters. The van der Waals surface area contributed by atoms with Crippen molar-refractivity contribution in [3.63, 3.8) is 0 Å². The van der Waals surface area contributed by atoms with Gasteiger partial charge >= 0.3 is 0 Å². The van der Waals surface area contributed by atoms with Gasteiger partial charge in [0, 0.05) is 30.1 Å². The van der Waals surface area contributed by atoms with Crippen molar-refractivity contribution < 1.29 is 37.2 Å². The largest absolute Gasteiger partial charge is 0.487 e. The molecule has 1 unspecified atom stereocenters. The molecule has 10 nitrogen and oxygen atoms in total. The highest BCUT2D eigenvalue weighted by Gasteiger charge is 2.70. The SMILES string of the molecule is CN(C)[C@@H]1c2onc(OCc3ccccc3)c2C(=O)[C@@]2(O[Si](C)(C)C(C)(C)C)C(=O)C3C(=O)c4c(c(F)c(CNCC(C)(C)C)c(Br)c4OCc4ccccc4)C[C@H]3C[C@@H]12. The number of Topliss-reactive ketones (excluding diaryl/α,β-unsaturated/α-hetero) is 3. The third-order valence-electron chi connectivity index (χ3n) is 12.8. The standard InChI is InChI=1S/C47H57BrFN3O7Si/c1-45(2,3)26-50-23-31-36(48)40(56-24-27-17-13-11-14-18-27)34-30(37(31)49)21-29-22-32-38(52(7)8)41-35(44(51-58-41)57-25-28-19-15-12-16-20-28)43(55)47(32,42(54)33(29)39(34)53)59-60(9,10)46(4,5)6/h11-20,29,32-33,38,50H,21-26H2,1-10H3/t29-,32-,33?,38-,47-/m0/s1. The number of nitrogens with zero attached hydrogens (tertiary/aromatic N) is 2. The summed E-state index contributed by atoms with van der Waals surface area (Å²) >= 11 is 3.66. The van der Waals surface area contributed by atoms with Crippen LogP contribution < -0.4 is 14.8 Å². The number of halogens is 2. The molecule has 1 N–H and O–H groups in total. The number of benzene rings is 3. The highest BCUT2D eigenvalue weighted by atomic mass is 79.9. The molecule has 0 saturated heterocycles. The maximum absolute atomic E-state index is 17.2. The number of hydrogen-bond donors (Lipinski definition) is 1. The first-order chi connectivity index (χ1) is 28.2. The minimum absolute atomic E-state index is 0.0235. The van der Waals surface area contributed by atoms with E-state index in [-0.39, 0.29) is 72.1 Å². The summed E-state index contributed by atoms with van der Waals surface area (Å²) in [6, 6.07) is 18.3. The van der Waals surface area contributed by atoms with Crippen LogP contribution in [0.1, 0.15) is 103 Å². The van der Waals surface area contributed by atoms with Crippen molar-refractivity contribution in [2.75, 3.05) is 20.6 Å². The number of hydrogen-bond acceptors (Lipinski definition) is 10. The fraction of sp³-hybridized carbons (Fsp3) is 0.489. The van der Waals surface area contributed by atoms with Crippen LogP contribution in [0.25, 0.3) is 0 Å². The number of aromatic nitrogens is 1. The Hall–Kier alpha value is -4.01. The maximum Gasteiger partial charge on any atom is 0.265 e. The van der Waals surface area contributed by atoms with Crippen LogP contribution in [-0.4, -0.2) is 62.0 Å². The summed E-state index contributed by atoms with van der Waals surface area (Å²) in [5.74, 6) is -4.65. The van der Waals surface area contributed by atoms with Gasteiger partial charge in [0.05, 0.1) is 22.0 Å². The highest BCUT2D eigenvalue weighted by Crippen LogP contribution is 2.59. The first-order valence-corrected chi connectivity index (χ1v) is 24.4. The molecule has 0 spiro atoms. The first kappa shape index (κ1) is 44.1. The molecule has 320 valence electrons. The van der Waals surface area contributed by atoms with E-state index in [0.717, 1.165) is 11.1 Å².